The van der Waals surface area contributed by atoms with E-state index in [1.807, 2.05) is 30.5 Å². The van der Waals surface area contributed by atoms with Gasteiger partial charge in [-0.25, -0.2) is 0 Å². The molecule has 1 aliphatic heterocycles. The van der Waals surface area contributed by atoms with Gasteiger partial charge in [-0.05, 0) is 60.0 Å². The highest BCUT2D eigenvalue weighted by Crippen LogP contribution is 2.47. The Labute approximate surface area is 191 Å². The summed E-state index contributed by atoms with van der Waals surface area (Å²) in [6, 6.07) is 31.7. The van der Waals surface area contributed by atoms with Gasteiger partial charge in [-0.3, -0.25) is 4.98 Å². The van der Waals surface area contributed by atoms with E-state index in [1.54, 1.807) is 0 Å². The Morgan fingerprint density at radius 3 is 2.42 bits per heavy atom. The molecule has 3 nitrogen and oxygen atoms in total. The molecule has 6 aromatic rings. The first-order chi connectivity index (χ1) is 16.3. The van der Waals surface area contributed by atoms with Gasteiger partial charge in [-0.15, -0.1) is 0 Å². The fraction of sp³-hybridized carbons (Fsp3) is 0.0333. The van der Waals surface area contributed by atoms with Gasteiger partial charge in [0.1, 0.15) is 5.58 Å². The lowest BCUT2D eigenvalue weighted by molar-refractivity contribution is 0.670. The summed E-state index contributed by atoms with van der Waals surface area (Å²) < 4.78 is 6.39. The Kier molecular flexibility index (Phi) is 3.76. The van der Waals surface area contributed by atoms with Crippen LogP contribution in [-0.2, 0) is 0 Å². The van der Waals surface area contributed by atoms with Crippen molar-refractivity contribution < 1.29 is 4.42 Å². The number of nitrogens with zero attached hydrogens (tertiary/aromatic N) is 1. The summed E-state index contributed by atoms with van der Waals surface area (Å²) in [5, 5.41) is 6.01. The molecule has 2 bridgehead atoms. The monoisotopic (exact) mass is 424 g/mol. The molecule has 2 aromatic heterocycles. The van der Waals surface area contributed by atoms with E-state index >= 15 is 0 Å². The zero-order chi connectivity index (χ0) is 21.9. The first kappa shape index (κ1) is 18.2. The predicted molar refractivity (Wildman–Crippen MR) is 136 cm³/mol. The van der Waals surface area contributed by atoms with Crippen LogP contribution in [0.15, 0.2) is 102 Å². The van der Waals surface area contributed by atoms with Crippen molar-refractivity contribution in [2.24, 2.45) is 0 Å². The third-order valence-electron chi connectivity index (χ3n) is 6.70. The topological polar surface area (TPSA) is 38.1 Å². The van der Waals surface area contributed by atoms with Crippen LogP contribution in [0.2, 0.25) is 0 Å². The molecule has 156 valence electrons. The van der Waals surface area contributed by atoms with Crippen molar-refractivity contribution in [3.8, 4) is 33.5 Å². The van der Waals surface area contributed by atoms with E-state index in [9.17, 15) is 0 Å². The van der Waals surface area contributed by atoms with Crippen LogP contribution >= 0.6 is 0 Å². The molecule has 0 saturated heterocycles. The molecule has 0 spiro atoms. The maximum absolute atomic E-state index is 6.39. The average molecular weight is 425 g/mol. The highest BCUT2D eigenvalue weighted by Gasteiger charge is 2.22. The summed E-state index contributed by atoms with van der Waals surface area (Å²) in [7, 11) is 0. The van der Waals surface area contributed by atoms with Gasteiger partial charge in [0.15, 0.2) is 5.58 Å². The van der Waals surface area contributed by atoms with Crippen LogP contribution in [0, 0.1) is 6.92 Å². The van der Waals surface area contributed by atoms with Crippen LogP contribution in [0.4, 0.5) is 11.4 Å². The molecular weight excluding hydrogens is 404 g/mol. The maximum atomic E-state index is 6.39. The number of hydrogen-bond acceptors (Lipinski definition) is 3. The van der Waals surface area contributed by atoms with E-state index in [0.717, 1.165) is 55.7 Å². The Morgan fingerprint density at radius 1 is 0.697 bits per heavy atom. The van der Waals surface area contributed by atoms with Crippen LogP contribution in [0.5, 0.6) is 0 Å². The van der Waals surface area contributed by atoms with Crippen molar-refractivity contribution in [2.45, 2.75) is 6.92 Å². The molecular formula is C30H20N2O. The molecule has 0 fully saturated rings. The van der Waals surface area contributed by atoms with Gasteiger partial charge in [-0.1, -0.05) is 54.6 Å². The highest BCUT2D eigenvalue weighted by molar-refractivity contribution is 6.13. The summed E-state index contributed by atoms with van der Waals surface area (Å²) in [5.74, 6) is 0. The summed E-state index contributed by atoms with van der Waals surface area (Å²) in [6.07, 6.45) is 1.84. The van der Waals surface area contributed by atoms with Gasteiger partial charge < -0.3 is 9.73 Å². The number of pyridine rings is 1. The Hall–Kier alpha value is -4.37. The van der Waals surface area contributed by atoms with Crippen LogP contribution in [0.1, 0.15) is 5.56 Å². The Bertz CT molecular complexity index is 1700. The summed E-state index contributed by atoms with van der Waals surface area (Å²) in [5.41, 5.74) is 11.9. The SMILES string of the molecule is Cc1c2cccc1-c1ccc3c(oc4ccccc43)c1Nc1ccc(-c3ccccn3)cc1-2. The van der Waals surface area contributed by atoms with Crippen molar-refractivity contribution in [1.82, 2.24) is 4.98 Å². The number of anilines is 2. The van der Waals surface area contributed by atoms with Gasteiger partial charge in [0.25, 0.3) is 0 Å². The van der Waals surface area contributed by atoms with Crippen molar-refractivity contribution in [2.75, 3.05) is 5.32 Å². The van der Waals surface area contributed by atoms with Crippen molar-refractivity contribution in [1.29, 1.82) is 0 Å². The molecule has 0 radical (unpaired) electrons. The van der Waals surface area contributed by atoms with Crippen molar-refractivity contribution in [3.05, 3.63) is 103 Å². The first-order valence-corrected chi connectivity index (χ1v) is 11.1. The Morgan fingerprint density at radius 2 is 1.55 bits per heavy atom. The number of furan rings is 1. The molecule has 0 amide bonds. The van der Waals surface area contributed by atoms with Crippen LogP contribution in [0.25, 0.3) is 55.4 Å². The van der Waals surface area contributed by atoms with E-state index in [0.29, 0.717) is 0 Å². The second-order valence-corrected chi connectivity index (χ2v) is 8.54. The molecule has 0 saturated carbocycles. The number of benzene rings is 4. The molecule has 3 heterocycles. The van der Waals surface area contributed by atoms with Crippen molar-refractivity contribution in [3.63, 3.8) is 0 Å². The summed E-state index contributed by atoms with van der Waals surface area (Å²) >= 11 is 0. The molecule has 1 aliphatic rings. The largest absolute Gasteiger partial charge is 0.454 e. The smallest absolute Gasteiger partial charge is 0.159 e. The fourth-order valence-corrected chi connectivity index (χ4v) is 5.06. The molecule has 7 rings (SSSR count). The number of nitrogens with one attached hydrogen (secondary N) is 1. The number of fused-ring (bicyclic) bond motifs is 10. The van der Waals surface area contributed by atoms with Crippen LogP contribution in [-0.4, -0.2) is 4.98 Å². The molecule has 0 unspecified atom stereocenters. The second kappa shape index (κ2) is 6.81. The zero-order valence-corrected chi connectivity index (χ0v) is 18.1. The lowest BCUT2D eigenvalue weighted by Gasteiger charge is -2.23. The minimum absolute atomic E-state index is 0.889. The predicted octanol–water partition coefficient (Wildman–Crippen LogP) is 8.35. The minimum Gasteiger partial charge on any atom is -0.454 e. The van der Waals surface area contributed by atoms with E-state index in [4.69, 9.17) is 4.42 Å². The number of aromatic nitrogens is 1. The van der Waals surface area contributed by atoms with E-state index < -0.39 is 0 Å². The van der Waals surface area contributed by atoms with Crippen LogP contribution < -0.4 is 5.32 Å². The Balaban J connectivity index is 1.54. The standard InChI is InChI=1S/C30H20N2O/c1-18-20-8-6-9-21(18)25-17-19(26-10-4-5-16-31-26)12-15-27(25)32-29-23(20)13-14-24-22-7-2-3-11-28(22)33-30(24)29/h2-17,32H,1H3. The zero-order valence-electron chi connectivity index (χ0n) is 18.1. The fourth-order valence-electron chi connectivity index (χ4n) is 5.06. The summed E-state index contributed by atoms with van der Waals surface area (Å²) in [6.45, 7) is 2.21. The molecule has 1 N–H and O–H groups in total. The highest BCUT2D eigenvalue weighted by atomic mass is 16.3. The average Bonchev–Trinajstić information content (AvgIpc) is 3.24. The number of hydrogen-bond donors (Lipinski definition) is 1. The minimum atomic E-state index is 0.889. The number of rotatable bonds is 1. The van der Waals surface area contributed by atoms with Crippen molar-refractivity contribution >= 4 is 33.3 Å². The van der Waals surface area contributed by atoms with E-state index in [2.05, 4.69) is 84.0 Å². The number of para-hydroxylation sites is 1. The lowest BCUT2D eigenvalue weighted by Crippen LogP contribution is -2.02. The van der Waals surface area contributed by atoms with Gasteiger partial charge in [0.2, 0.25) is 0 Å². The molecule has 0 aliphatic carbocycles. The van der Waals surface area contributed by atoms with Gasteiger partial charge in [0, 0.05) is 39.3 Å². The molecule has 4 aromatic carbocycles. The molecule has 3 heteroatoms. The second-order valence-electron chi connectivity index (χ2n) is 8.54. The third-order valence-corrected chi connectivity index (χ3v) is 6.70. The first-order valence-electron chi connectivity index (χ1n) is 11.1. The van der Waals surface area contributed by atoms with E-state index in [1.165, 1.54) is 16.7 Å². The van der Waals surface area contributed by atoms with Crippen LogP contribution in [0.3, 0.4) is 0 Å². The quantitative estimate of drug-likeness (QED) is 0.288. The molecule has 0 atom stereocenters. The van der Waals surface area contributed by atoms with E-state index in [-0.39, 0.29) is 0 Å². The normalized spacial score (nSPS) is 12.0. The summed E-state index contributed by atoms with van der Waals surface area (Å²) in [4.78, 5) is 4.56. The van der Waals surface area contributed by atoms with Gasteiger partial charge in [-0.2, -0.15) is 0 Å². The van der Waals surface area contributed by atoms with Gasteiger partial charge >= 0.3 is 0 Å². The van der Waals surface area contributed by atoms with Gasteiger partial charge in [0.05, 0.1) is 11.4 Å². The molecule has 33 heavy (non-hydrogen) atoms. The lowest BCUT2D eigenvalue weighted by atomic mass is 9.88. The third kappa shape index (κ3) is 2.66. The maximum Gasteiger partial charge on any atom is 0.159 e.